The van der Waals surface area contributed by atoms with Crippen molar-refractivity contribution in [1.29, 1.82) is 0 Å². The molecular weight excluding hydrogens is 241 g/mol. The van der Waals surface area contributed by atoms with Crippen molar-refractivity contribution in [3.05, 3.63) is 32.3 Å². The van der Waals surface area contributed by atoms with E-state index in [4.69, 9.17) is 27.9 Å². The first-order chi connectivity index (χ1) is 6.91. The van der Waals surface area contributed by atoms with Crippen LogP contribution in [0.25, 0.3) is 0 Å². The lowest BCUT2D eigenvalue weighted by atomic mass is 10.3. The fourth-order valence-electron chi connectivity index (χ4n) is 1.00. The predicted molar refractivity (Wildman–Crippen MR) is 58.9 cm³/mol. The summed E-state index contributed by atoms with van der Waals surface area (Å²) >= 11 is 11.6. The van der Waals surface area contributed by atoms with Gasteiger partial charge in [0.05, 0.1) is 21.1 Å². The highest BCUT2D eigenvalue weighted by Crippen LogP contribution is 2.37. The summed E-state index contributed by atoms with van der Waals surface area (Å²) in [6.07, 6.45) is -0.0959. The van der Waals surface area contributed by atoms with Gasteiger partial charge in [0, 0.05) is 12.1 Å². The molecule has 15 heavy (non-hydrogen) atoms. The van der Waals surface area contributed by atoms with Crippen LogP contribution in [0.2, 0.25) is 10.0 Å². The van der Waals surface area contributed by atoms with Crippen LogP contribution >= 0.6 is 23.2 Å². The highest BCUT2D eigenvalue weighted by atomic mass is 35.5. The van der Waals surface area contributed by atoms with E-state index in [1.165, 1.54) is 12.1 Å². The van der Waals surface area contributed by atoms with E-state index in [9.17, 15) is 10.1 Å². The van der Waals surface area contributed by atoms with Crippen molar-refractivity contribution >= 4 is 28.9 Å². The zero-order valence-electron chi connectivity index (χ0n) is 8.16. The largest absolute Gasteiger partial charge is 0.488 e. The lowest BCUT2D eigenvalue weighted by Gasteiger charge is -2.12. The van der Waals surface area contributed by atoms with Crippen LogP contribution in [0.3, 0.4) is 0 Å². The van der Waals surface area contributed by atoms with Crippen LogP contribution in [0.4, 0.5) is 5.69 Å². The standard InChI is InChI=1S/C9H9Cl2NO3/c1-5(2)15-9-7(10)3-6(12(13)14)4-8(9)11/h3-5H,1-2H3. The van der Waals surface area contributed by atoms with Gasteiger partial charge >= 0.3 is 0 Å². The number of halogens is 2. The molecule has 0 aliphatic rings. The molecule has 4 nitrogen and oxygen atoms in total. The smallest absolute Gasteiger partial charge is 0.272 e. The van der Waals surface area contributed by atoms with Gasteiger partial charge in [-0.3, -0.25) is 10.1 Å². The minimum atomic E-state index is -0.559. The lowest BCUT2D eigenvalue weighted by Crippen LogP contribution is -2.06. The topological polar surface area (TPSA) is 52.4 Å². The molecule has 1 rings (SSSR count). The monoisotopic (exact) mass is 249 g/mol. The van der Waals surface area contributed by atoms with Crippen LogP contribution in [-0.4, -0.2) is 11.0 Å². The number of nitrogens with zero attached hydrogens (tertiary/aromatic N) is 1. The summed E-state index contributed by atoms with van der Waals surface area (Å²) < 4.78 is 5.32. The summed E-state index contributed by atoms with van der Waals surface area (Å²) in [5.41, 5.74) is -0.152. The van der Waals surface area contributed by atoms with Gasteiger partial charge in [-0.2, -0.15) is 0 Å². The van der Waals surface area contributed by atoms with Crippen molar-refractivity contribution < 1.29 is 9.66 Å². The summed E-state index contributed by atoms with van der Waals surface area (Å²) in [5, 5.41) is 10.8. The van der Waals surface area contributed by atoms with Gasteiger partial charge in [-0.25, -0.2) is 0 Å². The lowest BCUT2D eigenvalue weighted by molar-refractivity contribution is -0.384. The third-order valence-corrected chi connectivity index (χ3v) is 2.11. The number of rotatable bonds is 3. The first-order valence-corrected chi connectivity index (χ1v) is 4.97. The number of non-ortho nitro benzene ring substituents is 1. The first kappa shape index (κ1) is 12.1. The molecule has 1 aromatic carbocycles. The van der Waals surface area contributed by atoms with Gasteiger partial charge < -0.3 is 4.74 Å². The van der Waals surface area contributed by atoms with E-state index < -0.39 is 4.92 Å². The molecule has 0 radical (unpaired) electrons. The molecule has 0 spiro atoms. The van der Waals surface area contributed by atoms with Crippen molar-refractivity contribution in [1.82, 2.24) is 0 Å². The van der Waals surface area contributed by atoms with Crippen molar-refractivity contribution in [2.75, 3.05) is 0 Å². The van der Waals surface area contributed by atoms with Crippen molar-refractivity contribution in [3.63, 3.8) is 0 Å². The minimum Gasteiger partial charge on any atom is -0.488 e. The molecule has 0 saturated carbocycles. The molecular formula is C9H9Cl2NO3. The van der Waals surface area contributed by atoms with Crippen LogP contribution in [0.1, 0.15) is 13.8 Å². The molecule has 0 aliphatic carbocycles. The fourth-order valence-corrected chi connectivity index (χ4v) is 1.56. The maximum atomic E-state index is 10.5. The first-order valence-electron chi connectivity index (χ1n) is 4.22. The number of nitro benzene ring substituents is 1. The molecule has 0 N–H and O–H groups in total. The SMILES string of the molecule is CC(C)Oc1c(Cl)cc([N+](=O)[O-])cc1Cl. The Morgan fingerprint density at radius 3 is 2.13 bits per heavy atom. The number of nitro groups is 1. The van der Waals surface area contributed by atoms with Gasteiger partial charge in [-0.05, 0) is 13.8 Å². The molecule has 0 aromatic heterocycles. The normalized spacial score (nSPS) is 10.5. The van der Waals surface area contributed by atoms with Gasteiger partial charge in [0.25, 0.3) is 5.69 Å². The van der Waals surface area contributed by atoms with E-state index in [0.29, 0.717) is 0 Å². The van der Waals surface area contributed by atoms with Crippen molar-refractivity contribution in [3.8, 4) is 5.75 Å². The second-order valence-electron chi connectivity index (χ2n) is 3.16. The van der Waals surface area contributed by atoms with Gasteiger partial charge in [-0.15, -0.1) is 0 Å². The molecule has 6 heteroatoms. The zero-order valence-corrected chi connectivity index (χ0v) is 9.67. The summed E-state index contributed by atoms with van der Waals surface area (Å²) in [5.74, 6) is 0.277. The van der Waals surface area contributed by atoms with Crippen LogP contribution in [0, 0.1) is 10.1 Å². The Labute approximate surface area is 96.9 Å². The Bertz CT molecular complexity index is 370. The molecule has 82 valence electrons. The van der Waals surface area contributed by atoms with E-state index >= 15 is 0 Å². The van der Waals surface area contributed by atoms with Gasteiger partial charge in [0.2, 0.25) is 0 Å². The summed E-state index contributed by atoms with van der Waals surface area (Å²) in [4.78, 5) is 9.93. The Morgan fingerprint density at radius 2 is 1.80 bits per heavy atom. The van der Waals surface area contributed by atoms with Crippen molar-refractivity contribution in [2.45, 2.75) is 20.0 Å². The van der Waals surface area contributed by atoms with Crippen LogP contribution < -0.4 is 4.74 Å². The Kier molecular flexibility index (Phi) is 3.77. The van der Waals surface area contributed by atoms with E-state index in [1.807, 2.05) is 13.8 Å². The van der Waals surface area contributed by atoms with E-state index in [1.54, 1.807) is 0 Å². The summed E-state index contributed by atoms with van der Waals surface area (Å²) in [7, 11) is 0. The van der Waals surface area contributed by atoms with Crippen LogP contribution in [-0.2, 0) is 0 Å². The molecule has 0 unspecified atom stereocenters. The van der Waals surface area contributed by atoms with Gasteiger partial charge in [-0.1, -0.05) is 23.2 Å². The van der Waals surface area contributed by atoms with E-state index in [-0.39, 0.29) is 27.6 Å². The quantitative estimate of drug-likeness (QED) is 0.607. The highest BCUT2D eigenvalue weighted by molar-refractivity contribution is 6.37. The van der Waals surface area contributed by atoms with Gasteiger partial charge in [0.15, 0.2) is 5.75 Å². The molecule has 0 atom stereocenters. The Hall–Kier alpha value is -1.00. The minimum absolute atomic E-state index is 0.0959. The highest BCUT2D eigenvalue weighted by Gasteiger charge is 2.16. The molecule has 0 saturated heterocycles. The number of ether oxygens (including phenoxy) is 1. The van der Waals surface area contributed by atoms with Crippen LogP contribution in [0.15, 0.2) is 12.1 Å². The number of benzene rings is 1. The van der Waals surface area contributed by atoms with E-state index in [2.05, 4.69) is 0 Å². The zero-order chi connectivity index (χ0) is 11.6. The Balaban J connectivity index is 3.15. The summed E-state index contributed by atoms with van der Waals surface area (Å²) in [6, 6.07) is 2.43. The molecule has 0 aliphatic heterocycles. The number of hydrogen-bond donors (Lipinski definition) is 0. The average molecular weight is 250 g/mol. The maximum Gasteiger partial charge on any atom is 0.272 e. The third-order valence-electron chi connectivity index (χ3n) is 1.55. The average Bonchev–Trinajstić information content (AvgIpc) is 2.10. The molecule has 0 bridgehead atoms. The fraction of sp³-hybridized carbons (Fsp3) is 0.333. The second kappa shape index (κ2) is 4.68. The van der Waals surface area contributed by atoms with Gasteiger partial charge in [0.1, 0.15) is 0 Å². The summed E-state index contributed by atoms with van der Waals surface area (Å²) in [6.45, 7) is 3.63. The van der Waals surface area contributed by atoms with Crippen LogP contribution in [0.5, 0.6) is 5.75 Å². The van der Waals surface area contributed by atoms with E-state index in [0.717, 1.165) is 0 Å². The van der Waals surface area contributed by atoms with Crippen molar-refractivity contribution in [2.24, 2.45) is 0 Å². The molecule has 1 aromatic rings. The third kappa shape index (κ3) is 2.97. The molecule has 0 amide bonds. The molecule has 0 heterocycles. The Morgan fingerprint density at radius 1 is 1.33 bits per heavy atom. The number of hydrogen-bond acceptors (Lipinski definition) is 3. The molecule has 0 fully saturated rings. The maximum absolute atomic E-state index is 10.5. The second-order valence-corrected chi connectivity index (χ2v) is 3.98. The predicted octanol–water partition coefficient (Wildman–Crippen LogP) is 3.69.